The highest BCUT2D eigenvalue weighted by Gasteiger charge is 1.90. The summed E-state index contributed by atoms with van der Waals surface area (Å²) in [4.78, 5) is 0. The third-order valence-electron chi connectivity index (χ3n) is 1.26. The van der Waals surface area contributed by atoms with Crippen molar-refractivity contribution in [3.8, 4) is 0 Å². The van der Waals surface area contributed by atoms with Crippen molar-refractivity contribution in [2.75, 3.05) is 0 Å². The molecule has 0 heterocycles. The third-order valence-corrected chi connectivity index (χ3v) is 1.54. The molecule has 0 unspecified atom stereocenters. The second-order valence-electron chi connectivity index (χ2n) is 2.12. The molecule has 0 spiro atoms. The number of allylic oxidation sites excluding steroid dienone is 6. The van der Waals surface area contributed by atoms with Gasteiger partial charge in [-0.1, -0.05) is 35.4 Å². The van der Waals surface area contributed by atoms with Gasteiger partial charge in [0.2, 0.25) is 0 Å². The lowest BCUT2D eigenvalue weighted by atomic mass is 10.2. The summed E-state index contributed by atoms with van der Waals surface area (Å²) in [5, 5.41) is 0.906. The van der Waals surface area contributed by atoms with Crippen molar-refractivity contribution in [1.29, 1.82) is 0 Å². The Kier molecular flexibility index (Phi) is 2.12. The fourth-order valence-electron chi connectivity index (χ4n) is 0.699. The van der Waals surface area contributed by atoms with E-state index in [1.54, 1.807) is 0 Å². The Morgan fingerprint density at radius 1 is 1.56 bits per heavy atom. The molecule has 0 N–H and O–H groups in total. The first-order chi connectivity index (χ1) is 4.29. The molecule has 0 fully saturated rings. The van der Waals surface area contributed by atoms with Gasteiger partial charge in [-0.25, -0.2) is 0 Å². The molecular weight excluding hydrogens is 132 g/mol. The zero-order valence-corrected chi connectivity index (χ0v) is 6.15. The molecule has 0 amide bonds. The van der Waals surface area contributed by atoms with E-state index in [0.29, 0.717) is 0 Å². The zero-order chi connectivity index (χ0) is 6.69. The molecule has 0 aromatic rings. The molecule has 1 rings (SSSR count). The van der Waals surface area contributed by atoms with Crippen molar-refractivity contribution in [3.05, 3.63) is 34.9 Å². The SMILES string of the molecule is CC1=CCC(Cl)=CC=C1. The van der Waals surface area contributed by atoms with Crippen molar-refractivity contribution >= 4 is 11.6 Å². The Morgan fingerprint density at radius 3 is 3.11 bits per heavy atom. The highest BCUT2D eigenvalue weighted by Crippen LogP contribution is 2.13. The average Bonchev–Trinajstić information content (AvgIpc) is 1.97. The normalized spacial score (nSPS) is 18.4. The van der Waals surface area contributed by atoms with Gasteiger partial charge < -0.3 is 0 Å². The largest absolute Gasteiger partial charge is 0.0888 e. The summed E-state index contributed by atoms with van der Waals surface area (Å²) < 4.78 is 0. The molecule has 0 aliphatic heterocycles. The monoisotopic (exact) mass is 140 g/mol. The maximum absolute atomic E-state index is 5.75. The van der Waals surface area contributed by atoms with E-state index in [9.17, 15) is 0 Å². The first-order valence-electron chi connectivity index (χ1n) is 2.98. The summed E-state index contributed by atoms with van der Waals surface area (Å²) in [7, 11) is 0. The van der Waals surface area contributed by atoms with Crippen molar-refractivity contribution in [3.63, 3.8) is 0 Å². The standard InChI is InChI=1S/C8H9Cl/c1-7-3-2-4-8(9)6-5-7/h2-5H,6H2,1H3. The molecule has 0 saturated carbocycles. The van der Waals surface area contributed by atoms with E-state index in [0.717, 1.165) is 11.5 Å². The maximum atomic E-state index is 5.75. The van der Waals surface area contributed by atoms with Crippen LogP contribution in [-0.2, 0) is 0 Å². The molecule has 0 aromatic carbocycles. The van der Waals surface area contributed by atoms with Gasteiger partial charge in [0, 0.05) is 11.5 Å². The van der Waals surface area contributed by atoms with Gasteiger partial charge in [0.05, 0.1) is 0 Å². The quantitative estimate of drug-likeness (QED) is 0.485. The van der Waals surface area contributed by atoms with Crippen LogP contribution in [0.5, 0.6) is 0 Å². The molecule has 0 atom stereocenters. The average molecular weight is 141 g/mol. The van der Waals surface area contributed by atoms with Crippen LogP contribution in [0.4, 0.5) is 0 Å². The minimum absolute atomic E-state index is 0.875. The Morgan fingerprint density at radius 2 is 2.33 bits per heavy atom. The summed E-state index contributed by atoms with van der Waals surface area (Å²) in [6.07, 6.45) is 8.94. The van der Waals surface area contributed by atoms with Gasteiger partial charge in [0.25, 0.3) is 0 Å². The van der Waals surface area contributed by atoms with Gasteiger partial charge in [-0.05, 0) is 13.0 Å². The van der Waals surface area contributed by atoms with E-state index < -0.39 is 0 Å². The Balaban J connectivity index is 2.75. The van der Waals surface area contributed by atoms with E-state index in [2.05, 4.69) is 19.1 Å². The first-order valence-corrected chi connectivity index (χ1v) is 3.36. The van der Waals surface area contributed by atoms with Crippen LogP contribution >= 0.6 is 11.6 Å². The number of hydrogen-bond donors (Lipinski definition) is 0. The van der Waals surface area contributed by atoms with E-state index in [1.165, 1.54) is 5.57 Å². The van der Waals surface area contributed by atoms with Gasteiger partial charge in [-0.2, -0.15) is 0 Å². The molecule has 0 radical (unpaired) electrons. The number of hydrogen-bond acceptors (Lipinski definition) is 0. The van der Waals surface area contributed by atoms with E-state index >= 15 is 0 Å². The van der Waals surface area contributed by atoms with Crippen LogP contribution in [0.2, 0.25) is 0 Å². The Bertz CT molecular complexity index is 182. The predicted octanol–water partition coefficient (Wildman–Crippen LogP) is 3.02. The highest BCUT2D eigenvalue weighted by molar-refractivity contribution is 6.29. The van der Waals surface area contributed by atoms with Gasteiger partial charge in [-0.15, -0.1) is 0 Å². The Hall–Kier alpha value is -0.490. The fourth-order valence-corrected chi connectivity index (χ4v) is 0.849. The summed E-state index contributed by atoms with van der Waals surface area (Å²) in [5.41, 5.74) is 1.28. The molecular formula is C8H9Cl. The van der Waals surface area contributed by atoms with Crippen molar-refractivity contribution in [2.24, 2.45) is 0 Å². The topological polar surface area (TPSA) is 0 Å². The smallest absolute Gasteiger partial charge is 0.0218 e. The van der Waals surface area contributed by atoms with E-state index in [4.69, 9.17) is 11.6 Å². The van der Waals surface area contributed by atoms with Gasteiger partial charge in [0.15, 0.2) is 0 Å². The third kappa shape index (κ3) is 2.06. The summed E-state index contributed by atoms with van der Waals surface area (Å²) in [6, 6.07) is 0. The minimum Gasteiger partial charge on any atom is -0.0888 e. The molecule has 1 aliphatic carbocycles. The van der Waals surface area contributed by atoms with Crippen LogP contribution in [0.3, 0.4) is 0 Å². The van der Waals surface area contributed by atoms with Crippen molar-refractivity contribution < 1.29 is 0 Å². The summed E-state index contributed by atoms with van der Waals surface area (Å²) in [5.74, 6) is 0. The van der Waals surface area contributed by atoms with Crippen LogP contribution in [0.1, 0.15) is 13.3 Å². The van der Waals surface area contributed by atoms with Crippen LogP contribution in [0.15, 0.2) is 34.9 Å². The predicted molar refractivity (Wildman–Crippen MR) is 41.5 cm³/mol. The number of rotatable bonds is 0. The second-order valence-corrected chi connectivity index (χ2v) is 2.61. The van der Waals surface area contributed by atoms with E-state index in [1.807, 2.05) is 12.2 Å². The minimum atomic E-state index is 0.875. The molecule has 0 aromatic heterocycles. The van der Waals surface area contributed by atoms with Gasteiger partial charge in [-0.3, -0.25) is 0 Å². The number of halogens is 1. The van der Waals surface area contributed by atoms with Gasteiger partial charge >= 0.3 is 0 Å². The van der Waals surface area contributed by atoms with Crippen molar-refractivity contribution in [2.45, 2.75) is 13.3 Å². The highest BCUT2D eigenvalue weighted by atomic mass is 35.5. The summed E-state index contributed by atoms with van der Waals surface area (Å²) in [6.45, 7) is 2.07. The van der Waals surface area contributed by atoms with Crippen molar-refractivity contribution in [1.82, 2.24) is 0 Å². The molecule has 9 heavy (non-hydrogen) atoms. The van der Waals surface area contributed by atoms with Crippen LogP contribution in [0, 0.1) is 0 Å². The lowest BCUT2D eigenvalue weighted by molar-refractivity contribution is 1.32. The Labute approximate surface area is 60.5 Å². The van der Waals surface area contributed by atoms with Crippen LogP contribution in [-0.4, -0.2) is 0 Å². The lowest BCUT2D eigenvalue weighted by Gasteiger charge is -1.87. The molecule has 1 aliphatic rings. The molecule has 0 saturated heterocycles. The second kappa shape index (κ2) is 2.88. The maximum Gasteiger partial charge on any atom is 0.0218 e. The van der Waals surface area contributed by atoms with Gasteiger partial charge in [0.1, 0.15) is 0 Å². The molecule has 0 nitrogen and oxygen atoms in total. The molecule has 48 valence electrons. The molecule has 0 bridgehead atoms. The zero-order valence-electron chi connectivity index (χ0n) is 5.39. The van der Waals surface area contributed by atoms with Crippen LogP contribution < -0.4 is 0 Å². The summed E-state index contributed by atoms with van der Waals surface area (Å²) >= 11 is 5.75. The van der Waals surface area contributed by atoms with E-state index in [-0.39, 0.29) is 0 Å². The lowest BCUT2D eigenvalue weighted by Crippen LogP contribution is -1.66. The molecule has 1 heteroatoms. The van der Waals surface area contributed by atoms with Crippen LogP contribution in [0.25, 0.3) is 0 Å². The fraction of sp³-hybridized carbons (Fsp3) is 0.250. The first kappa shape index (κ1) is 6.63.